The van der Waals surface area contributed by atoms with Crippen molar-refractivity contribution in [2.45, 2.75) is 17.9 Å². The van der Waals surface area contributed by atoms with E-state index in [-0.39, 0.29) is 12.2 Å². The quantitative estimate of drug-likeness (QED) is 0.561. The molecule has 0 bridgehead atoms. The minimum Gasteiger partial charge on any atom is -0.390 e. The van der Waals surface area contributed by atoms with Crippen molar-refractivity contribution in [1.82, 2.24) is 15.1 Å². The van der Waals surface area contributed by atoms with Gasteiger partial charge in [-0.2, -0.15) is 28.6 Å². The lowest BCUT2D eigenvalue weighted by molar-refractivity contribution is -0.385. The lowest BCUT2D eigenvalue weighted by Crippen LogP contribution is -2.36. The predicted octanol–water partition coefficient (Wildman–Crippen LogP) is 0.590. The number of aromatic nitrogens is 2. The SMILES string of the molecule is O=[N+]([O-])c1cnn(CC(O)CNCC2CSCCS2)c1. The monoisotopic (exact) mass is 318 g/mol. The van der Waals surface area contributed by atoms with Crippen LogP contribution < -0.4 is 5.32 Å². The van der Waals surface area contributed by atoms with E-state index in [1.165, 1.54) is 28.6 Å². The summed E-state index contributed by atoms with van der Waals surface area (Å²) in [5, 5.41) is 28.1. The molecule has 1 aliphatic heterocycles. The maximum atomic E-state index is 10.5. The molecule has 2 N–H and O–H groups in total. The summed E-state index contributed by atoms with van der Waals surface area (Å²) in [4.78, 5) is 10.0. The summed E-state index contributed by atoms with van der Waals surface area (Å²) >= 11 is 3.94. The molecule has 2 atom stereocenters. The number of thioether (sulfide) groups is 2. The van der Waals surface area contributed by atoms with Crippen LogP contribution in [-0.4, -0.2) is 61.5 Å². The molecular weight excluding hydrogens is 300 g/mol. The zero-order valence-corrected chi connectivity index (χ0v) is 12.6. The van der Waals surface area contributed by atoms with Gasteiger partial charge in [0.15, 0.2) is 0 Å². The second-order valence-electron chi connectivity index (χ2n) is 4.56. The van der Waals surface area contributed by atoms with Crippen LogP contribution in [0.2, 0.25) is 0 Å². The van der Waals surface area contributed by atoms with E-state index in [1.54, 1.807) is 0 Å². The molecule has 0 aromatic carbocycles. The van der Waals surface area contributed by atoms with Gasteiger partial charge in [0.1, 0.15) is 12.4 Å². The number of nitrogens with one attached hydrogen (secondary N) is 1. The fourth-order valence-corrected chi connectivity index (χ4v) is 4.54. The Bertz CT molecular complexity index is 437. The van der Waals surface area contributed by atoms with E-state index in [1.807, 2.05) is 23.5 Å². The topological polar surface area (TPSA) is 93.2 Å². The van der Waals surface area contributed by atoms with Crippen LogP contribution in [0.1, 0.15) is 0 Å². The number of aliphatic hydroxyl groups is 1. The van der Waals surface area contributed by atoms with E-state index >= 15 is 0 Å². The van der Waals surface area contributed by atoms with Crippen LogP contribution in [0.5, 0.6) is 0 Å². The molecule has 1 fully saturated rings. The van der Waals surface area contributed by atoms with E-state index in [9.17, 15) is 15.2 Å². The Morgan fingerprint density at radius 2 is 2.50 bits per heavy atom. The van der Waals surface area contributed by atoms with Gasteiger partial charge in [-0.3, -0.25) is 14.8 Å². The summed E-state index contributed by atoms with van der Waals surface area (Å²) in [6.07, 6.45) is 1.92. The number of hydrogen-bond donors (Lipinski definition) is 2. The van der Waals surface area contributed by atoms with E-state index in [2.05, 4.69) is 10.4 Å². The highest BCUT2D eigenvalue weighted by Crippen LogP contribution is 2.23. The van der Waals surface area contributed by atoms with Gasteiger partial charge >= 0.3 is 5.69 Å². The first-order valence-corrected chi connectivity index (χ1v) is 8.60. The molecule has 20 heavy (non-hydrogen) atoms. The van der Waals surface area contributed by atoms with Crippen LogP contribution in [0, 0.1) is 10.1 Å². The first kappa shape index (κ1) is 15.6. The van der Waals surface area contributed by atoms with Gasteiger partial charge in [0.2, 0.25) is 0 Å². The normalized spacial score (nSPS) is 20.8. The average Bonchev–Trinajstić information content (AvgIpc) is 2.88. The van der Waals surface area contributed by atoms with Gasteiger partial charge in [0.05, 0.1) is 17.6 Å². The molecule has 0 saturated carbocycles. The van der Waals surface area contributed by atoms with Crippen LogP contribution in [0.4, 0.5) is 5.69 Å². The molecule has 0 radical (unpaired) electrons. The Kier molecular flexibility index (Phi) is 6.14. The molecule has 2 heterocycles. The van der Waals surface area contributed by atoms with Crippen LogP contribution in [0.25, 0.3) is 0 Å². The number of rotatable bonds is 7. The third-order valence-electron chi connectivity index (χ3n) is 2.87. The molecule has 2 unspecified atom stereocenters. The lowest BCUT2D eigenvalue weighted by Gasteiger charge is -2.22. The van der Waals surface area contributed by atoms with Crippen molar-refractivity contribution in [3.05, 3.63) is 22.5 Å². The maximum Gasteiger partial charge on any atom is 0.306 e. The highest BCUT2D eigenvalue weighted by atomic mass is 32.2. The molecular formula is C11H18N4O3S2. The van der Waals surface area contributed by atoms with Gasteiger partial charge in [-0.25, -0.2) is 0 Å². The summed E-state index contributed by atoms with van der Waals surface area (Å²) in [7, 11) is 0. The summed E-state index contributed by atoms with van der Waals surface area (Å²) in [6.45, 7) is 1.61. The van der Waals surface area contributed by atoms with Crippen LogP contribution in [0.3, 0.4) is 0 Å². The smallest absolute Gasteiger partial charge is 0.306 e. The van der Waals surface area contributed by atoms with E-state index in [4.69, 9.17) is 0 Å². The summed E-state index contributed by atoms with van der Waals surface area (Å²) in [5.74, 6) is 3.57. The number of nitrogens with zero attached hydrogens (tertiary/aromatic N) is 3. The second kappa shape index (κ2) is 7.87. The van der Waals surface area contributed by atoms with Crippen molar-refractivity contribution in [2.24, 2.45) is 0 Å². The first-order valence-electron chi connectivity index (χ1n) is 6.40. The van der Waals surface area contributed by atoms with Gasteiger partial charge < -0.3 is 10.4 Å². The minimum absolute atomic E-state index is 0.0548. The summed E-state index contributed by atoms with van der Waals surface area (Å²) in [5.41, 5.74) is -0.0548. The van der Waals surface area contributed by atoms with Crippen LogP contribution in [-0.2, 0) is 6.54 Å². The Labute approximate surface area is 125 Å². The fourth-order valence-electron chi connectivity index (χ4n) is 1.89. The minimum atomic E-state index is -0.601. The molecule has 9 heteroatoms. The fraction of sp³-hybridized carbons (Fsp3) is 0.727. The first-order chi connectivity index (χ1) is 9.65. The molecule has 2 rings (SSSR count). The van der Waals surface area contributed by atoms with Crippen molar-refractivity contribution in [2.75, 3.05) is 30.3 Å². The van der Waals surface area contributed by atoms with Crippen LogP contribution >= 0.6 is 23.5 Å². The molecule has 1 saturated heterocycles. The zero-order valence-electron chi connectivity index (χ0n) is 11.0. The molecule has 1 aliphatic rings. The van der Waals surface area contributed by atoms with E-state index in [0.717, 1.165) is 12.3 Å². The summed E-state index contributed by atoms with van der Waals surface area (Å²) < 4.78 is 1.40. The van der Waals surface area contributed by atoms with Gasteiger partial charge in [-0.1, -0.05) is 0 Å². The second-order valence-corrected chi connectivity index (χ2v) is 7.12. The number of aliphatic hydroxyl groups excluding tert-OH is 1. The predicted molar refractivity (Wildman–Crippen MR) is 81.3 cm³/mol. The largest absolute Gasteiger partial charge is 0.390 e. The van der Waals surface area contributed by atoms with Crippen molar-refractivity contribution in [3.8, 4) is 0 Å². The third kappa shape index (κ3) is 4.97. The average molecular weight is 318 g/mol. The zero-order chi connectivity index (χ0) is 14.4. The molecule has 1 aromatic rings. The highest BCUT2D eigenvalue weighted by molar-refractivity contribution is 8.06. The van der Waals surface area contributed by atoms with Crippen LogP contribution in [0.15, 0.2) is 12.4 Å². The summed E-state index contributed by atoms with van der Waals surface area (Å²) in [6, 6.07) is 0. The third-order valence-corrected chi connectivity index (χ3v) is 5.71. The Balaban J connectivity index is 1.66. The molecule has 0 amide bonds. The lowest BCUT2D eigenvalue weighted by atomic mass is 10.3. The van der Waals surface area contributed by atoms with Gasteiger partial charge in [0, 0.05) is 35.6 Å². The molecule has 0 spiro atoms. The molecule has 0 aliphatic carbocycles. The van der Waals surface area contributed by atoms with Crippen molar-refractivity contribution < 1.29 is 10.0 Å². The van der Waals surface area contributed by atoms with E-state index in [0.29, 0.717) is 11.8 Å². The molecule has 7 nitrogen and oxygen atoms in total. The van der Waals surface area contributed by atoms with Crippen molar-refractivity contribution >= 4 is 29.2 Å². The maximum absolute atomic E-state index is 10.5. The Morgan fingerprint density at radius 3 is 3.15 bits per heavy atom. The van der Waals surface area contributed by atoms with Gasteiger partial charge in [0.25, 0.3) is 0 Å². The van der Waals surface area contributed by atoms with Gasteiger partial charge in [-0.05, 0) is 0 Å². The van der Waals surface area contributed by atoms with Crippen molar-refractivity contribution in [3.63, 3.8) is 0 Å². The molecule has 1 aromatic heterocycles. The highest BCUT2D eigenvalue weighted by Gasteiger charge is 2.15. The molecule has 112 valence electrons. The Hall–Kier alpha value is -0.770. The number of nitro groups is 1. The van der Waals surface area contributed by atoms with E-state index < -0.39 is 11.0 Å². The van der Waals surface area contributed by atoms with Crippen molar-refractivity contribution in [1.29, 1.82) is 0 Å². The standard InChI is InChI=1S/C11H18N4O3S2/c16-10(4-12-5-11-8-19-1-2-20-11)7-14-6-9(3-13-14)15(17)18/h3,6,10-12,16H,1-2,4-5,7-8H2. The number of hydrogen-bond acceptors (Lipinski definition) is 7. The van der Waals surface area contributed by atoms with Gasteiger partial charge in [-0.15, -0.1) is 0 Å². The Morgan fingerprint density at radius 1 is 1.65 bits per heavy atom.